The number of carbonyl (C=O) groups is 1. The van der Waals surface area contributed by atoms with Crippen LogP contribution in [0.3, 0.4) is 0 Å². The van der Waals surface area contributed by atoms with E-state index in [1.807, 2.05) is 0 Å². The van der Waals surface area contributed by atoms with Gasteiger partial charge in [0.15, 0.2) is 0 Å². The molecule has 0 spiro atoms. The molecule has 0 aliphatic carbocycles. The average Bonchev–Trinajstić information content (AvgIpc) is 2.34. The highest BCUT2D eigenvalue weighted by atomic mass is 79.9. The Labute approximate surface area is 112 Å². The van der Waals surface area contributed by atoms with Crippen LogP contribution < -0.4 is 5.32 Å². The predicted molar refractivity (Wildman–Crippen MR) is 73.6 cm³/mol. The predicted octanol–water partition coefficient (Wildman–Crippen LogP) is 2.56. The number of amidine groups is 1. The number of amides is 1. The molecule has 0 saturated heterocycles. The molecular weight excluding hydrogens is 301 g/mol. The molecular formula is C12H11BrFN3O. The molecule has 1 aromatic carbocycles. The largest absolute Gasteiger partial charge is 0.345 e. The van der Waals surface area contributed by atoms with Crippen molar-refractivity contribution in [3.05, 3.63) is 46.8 Å². The van der Waals surface area contributed by atoms with Crippen molar-refractivity contribution < 1.29 is 9.18 Å². The number of aliphatic imine (C=N–C) groups is 2. The fourth-order valence-electron chi connectivity index (χ4n) is 1.18. The Balaban J connectivity index is 2.74. The standard InChI is InChI=1S/C12H11BrFN3O/c1-3-16-11(15-2)7-17-12(18)9-5-4-8(13)6-10(9)14/h3-6H,1-2,7H2,(H,17,18). The second-order valence-corrected chi connectivity index (χ2v) is 4.11. The quantitative estimate of drug-likeness (QED) is 0.674. The maximum Gasteiger partial charge on any atom is 0.254 e. The van der Waals surface area contributed by atoms with E-state index in [9.17, 15) is 9.18 Å². The lowest BCUT2D eigenvalue weighted by Crippen LogP contribution is -2.29. The summed E-state index contributed by atoms with van der Waals surface area (Å²) < 4.78 is 14.1. The number of halogens is 2. The Kier molecular flexibility index (Phi) is 5.38. The summed E-state index contributed by atoms with van der Waals surface area (Å²) in [5.74, 6) is -0.841. The molecule has 6 heteroatoms. The summed E-state index contributed by atoms with van der Waals surface area (Å²) in [6.07, 6.45) is 1.29. The van der Waals surface area contributed by atoms with Crippen molar-refractivity contribution in [3.63, 3.8) is 0 Å². The lowest BCUT2D eigenvalue weighted by molar-refractivity contribution is 0.0955. The molecule has 1 aromatic rings. The third-order valence-electron chi connectivity index (χ3n) is 2.01. The van der Waals surface area contributed by atoms with Gasteiger partial charge in [-0.3, -0.25) is 4.79 Å². The molecule has 0 saturated carbocycles. The van der Waals surface area contributed by atoms with Gasteiger partial charge >= 0.3 is 0 Å². The molecule has 0 atom stereocenters. The third-order valence-corrected chi connectivity index (χ3v) is 2.50. The average molecular weight is 312 g/mol. The normalized spacial score (nSPS) is 10.9. The van der Waals surface area contributed by atoms with Crippen molar-refractivity contribution >= 4 is 34.4 Å². The van der Waals surface area contributed by atoms with Crippen molar-refractivity contribution in [3.8, 4) is 0 Å². The van der Waals surface area contributed by atoms with Crippen LogP contribution in [0.25, 0.3) is 0 Å². The fourth-order valence-corrected chi connectivity index (χ4v) is 1.51. The minimum absolute atomic E-state index is 0.0415. The Morgan fingerprint density at radius 1 is 1.56 bits per heavy atom. The molecule has 1 N–H and O–H groups in total. The first-order valence-electron chi connectivity index (χ1n) is 4.96. The Morgan fingerprint density at radius 3 is 2.83 bits per heavy atom. The summed E-state index contributed by atoms with van der Waals surface area (Å²) in [5.41, 5.74) is -0.0415. The molecule has 18 heavy (non-hydrogen) atoms. The smallest absolute Gasteiger partial charge is 0.254 e. The van der Waals surface area contributed by atoms with Gasteiger partial charge in [-0.2, -0.15) is 0 Å². The highest BCUT2D eigenvalue weighted by Crippen LogP contribution is 2.14. The Hall–Kier alpha value is -1.82. The molecule has 0 heterocycles. The lowest BCUT2D eigenvalue weighted by atomic mass is 10.2. The minimum atomic E-state index is -0.601. The van der Waals surface area contributed by atoms with Crippen molar-refractivity contribution in [2.24, 2.45) is 9.98 Å². The van der Waals surface area contributed by atoms with Gasteiger partial charge < -0.3 is 5.32 Å². The number of nitrogens with zero attached hydrogens (tertiary/aromatic N) is 2. The number of hydrogen-bond acceptors (Lipinski definition) is 2. The maximum absolute atomic E-state index is 13.5. The molecule has 0 aliphatic rings. The number of carbonyl (C=O) groups excluding carboxylic acids is 1. The summed E-state index contributed by atoms with van der Waals surface area (Å²) in [7, 11) is 0. The zero-order chi connectivity index (χ0) is 13.5. The Bertz CT molecular complexity index is 514. The van der Waals surface area contributed by atoms with Crippen LogP contribution in [0, 0.1) is 5.82 Å². The van der Waals surface area contributed by atoms with Gasteiger partial charge in [0.2, 0.25) is 0 Å². The van der Waals surface area contributed by atoms with E-state index in [1.54, 1.807) is 6.07 Å². The first-order chi connectivity index (χ1) is 8.58. The third kappa shape index (κ3) is 3.89. The van der Waals surface area contributed by atoms with E-state index in [1.165, 1.54) is 18.3 Å². The maximum atomic E-state index is 13.5. The second kappa shape index (κ2) is 6.80. The Morgan fingerprint density at radius 2 is 2.28 bits per heavy atom. The van der Waals surface area contributed by atoms with Gasteiger partial charge in [0.1, 0.15) is 11.7 Å². The van der Waals surface area contributed by atoms with E-state index >= 15 is 0 Å². The first kappa shape index (κ1) is 14.2. The fraction of sp³-hybridized carbons (Fsp3) is 0.0833. The lowest BCUT2D eigenvalue weighted by Gasteiger charge is -2.05. The van der Waals surface area contributed by atoms with Gasteiger partial charge in [0, 0.05) is 10.7 Å². The van der Waals surface area contributed by atoms with Crippen LogP contribution in [0.15, 0.2) is 45.4 Å². The zero-order valence-electron chi connectivity index (χ0n) is 9.49. The van der Waals surface area contributed by atoms with Crippen LogP contribution in [0.1, 0.15) is 10.4 Å². The number of nitrogens with one attached hydrogen (secondary N) is 1. The second-order valence-electron chi connectivity index (χ2n) is 3.19. The number of hydrogen-bond donors (Lipinski definition) is 1. The van der Waals surface area contributed by atoms with Gasteiger partial charge in [0.05, 0.1) is 12.1 Å². The van der Waals surface area contributed by atoms with E-state index in [4.69, 9.17) is 0 Å². The number of benzene rings is 1. The van der Waals surface area contributed by atoms with Gasteiger partial charge in [-0.1, -0.05) is 22.5 Å². The molecule has 0 unspecified atom stereocenters. The van der Waals surface area contributed by atoms with Gasteiger partial charge in [-0.15, -0.1) is 0 Å². The van der Waals surface area contributed by atoms with Crippen molar-refractivity contribution in [1.82, 2.24) is 5.32 Å². The summed E-state index contributed by atoms with van der Waals surface area (Å²) in [6, 6.07) is 4.20. The van der Waals surface area contributed by atoms with E-state index < -0.39 is 11.7 Å². The molecule has 1 rings (SSSR count). The van der Waals surface area contributed by atoms with E-state index in [-0.39, 0.29) is 12.1 Å². The van der Waals surface area contributed by atoms with Crippen LogP contribution in [0.5, 0.6) is 0 Å². The van der Waals surface area contributed by atoms with E-state index in [0.29, 0.717) is 10.3 Å². The molecule has 4 nitrogen and oxygen atoms in total. The molecule has 0 aromatic heterocycles. The summed E-state index contributed by atoms with van der Waals surface area (Å²) >= 11 is 3.11. The van der Waals surface area contributed by atoms with Gasteiger partial charge in [0.25, 0.3) is 5.91 Å². The molecule has 0 fully saturated rings. The SMILES string of the molecule is C=CN=C(CNC(=O)c1ccc(Br)cc1F)N=C. The van der Waals surface area contributed by atoms with Crippen LogP contribution >= 0.6 is 15.9 Å². The topological polar surface area (TPSA) is 53.8 Å². The number of rotatable bonds is 4. The minimum Gasteiger partial charge on any atom is -0.345 e. The van der Waals surface area contributed by atoms with E-state index in [0.717, 1.165) is 0 Å². The van der Waals surface area contributed by atoms with Crippen LogP contribution in [-0.4, -0.2) is 25.0 Å². The molecule has 0 aliphatic heterocycles. The van der Waals surface area contributed by atoms with E-state index in [2.05, 4.69) is 44.5 Å². The van der Waals surface area contributed by atoms with Crippen LogP contribution in [0.4, 0.5) is 4.39 Å². The molecule has 1 amide bonds. The van der Waals surface area contributed by atoms with Gasteiger partial charge in [-0.25, -0.2) is 14.4 Å². The summed E-state index contributed by atoms with van der Waals surface area (Å²) in [4.78, 5) is 19.1. The summed E-state index contributed by atoms with van der Waals surface area (Å²) in [5, 5.41) is 2.49. The zero-order valence-corrected chi connectivity index (χ0v) is 11.1. The van der Waals surface area contributed by atoms with Gasteiger partial charge in [-0.05, 0) is 24.9 Å². The highest BCUT2D eigenvalue weighted by molar-refractivity contribution is 9.10. The first-order valence-corrected chi connectivity index (χ1v) is 5.75. The molecule has 0 bridgehead atoms. The molecule has 94 valence electrons. The molecule has 0 radical (unpaired) electrons. The summed E-state index contributed by atoms with van der Waals surface area (Å²) in [6.45, 7) is 6.76. The highest BCUT2D eigenvalue weighted by Gasteiger charge is 2.11. The van der Waals surface area contributed by atoms with Crippen LogP contribution in [0.2, 0.25) is 0 Å². The van der Waals surface area contributed by atoms with Crippen molar-refractivity contribution in [2.45, 2.75) is 0 Å². The van der Waals surface area contributed by atoms with Crippen molar-refractivity contribution in [2.75, 3.05) is 6.54 Å². The van der Waals surface area contributed by atoms with Crippen molar-refractivity contribution in [1.29, 1.82) is 0 Å². The monoisotopic (exact) mass is 311 g/mol. The van der Waals surface area contributed by atoms with Crippen LogP contribution in [-0.2, 0) is 0 Å².